The molecule has 6 heteroatoms. The van der Waals surface area contributed by atoms with Crippen molar-refractivity contribution in [3.05, 3.63) is 46.0 Å². The quantitative estimate of drug-likeness (QED) is 0.867. The molecule has 1 aromatic heterocycles. The standard InChI is InChI=1S/C13H16N4OS/c1-2-11-12(19-17-16-11)13(18)15-8-10-6-4-3-5-9(10)7-14/h3-6H,2,7-8,14H2,1H3,(H,15,18). The molecule has 0 saturated carbocycles. The van der Waals surface area contributed by atoms with Crippen LogP contribution in [0.4, 0.5) is 0 Å². The molecule has 0 saturated heterocycles. The van der Waals surface area contributed by atoms with Crippen LogP contribution >= 0.6 is 11.5 Å². The van der Waals surface area contributed by atoms with E-state index in [-0.39, 0.29) is 5.91 Å². The largest absolute Gasteiger partial charge is 0.347 e. The highest BCUT2D eigenvalue weighted by atomic mass is 32.1. The fraction of sp³-hybridized carbons (Fsp3) is 0.308. The van der Waals surface area contributed by atoms with Gasteiger partial charge < -0.3 is 11.1 Å². The highest BCUT2D eigenvalue weighted by molar-refractivity contribution is 7.08. The summed E-state index contributed by atoms with van der Waals surface area (Å²) in [6, 6.07) is 7.81. The molecular formula is C13H16N4OS. The number of nitrogens with one attached hydrogen (secondary N) is 1. The lowest BCUT2D eigenvalue weighted by Gasteiger charge is -2.08. The minimum Gasteiger partial charge on any atom is -0.347 e. The maximum Gasteiger partial charge on any atom is 0.265 e. The molecule has 100 valence electrons. The molecular weight excluding hydrogens is 260 g/mol. The van der Waals surface area contributed by atoms with Crippen LogP contribution in [-0.4, -0.2) is 15.5 Å². The van der Waals surface area contributed by atoms with Crippen molar-refractivity contribution < 1.29 is 4.79 Å². The third kappa shape index (κ3) is 3.15. The second-order valence-electron chi connectivity index (χ2n) is 4.06. The van der Waals surface area contributed by atoms with Crippen LogP contribution in [-0.2, 0) is 19.5 Å². The summed E-state index contributed by atoms with van der Waals surface area (Å²) in [5.41, 5.74) is 8.49. The van der Waals surface area contributed by atoms with Crippen LogP contribution < -0.4 is 11.1 Å². The van der Waals surface area contributed by atoms with Gasteiger partial charge in [-0.2, -0.15) is 0 Å². The van der Waals surface area contributed by atoms with Crippen molar-refractivity contribution in [2.24, 2.45) is 5.73 Å². The zero-order valence-corrected chi connectivity index (χ0v) is 11.5. The molecule has 1 aromatic carbocycles. The molecule has 0 aliphatic heterocycles. The lowest BCUT2D eigenvalue weighted by Crippen LogP contribution is -2.23. The molecule has 0 bridgehead atoms. The van der Waals surface area contributed by atoms with Gasteiger partial charge in [0.2, 0.25) is 0 Å². The highest BCUT2D eigenvalue weighted by Crippen LogP contribution is 2.12. The Morgan fingerprint density at radius 2 is 2.11 bits per heavy atom. The van der Waals surface area contributed by atoms with Gasteiger partial charge in [0.25, 0.3) is 5.91 Å². The third-order valence-electron chi connectivity index (χ3n) is 2.87. The summed E-state index contributed by atoms with van der Waals surface area (Å²) >= 11 is 1.13. The number of nitrogens with two attached hydrogens (primary N) is 1. The van der Waals surface area contributed by atoms with Crippen molar-refractivity contribution in [2.45, 2.75) is 26.4 Å². The maximum absolute atomic E-state index is 12.0. The molecule has 0 spiro atoms. The third-order valence-corrected chi connectivity index (χ3v) is 3.64. The monoisotopic (exact) mass is 276 g/mol. The normalized spacial score (nSPS) is 10.4. The number of hydrogen-bond acceptors (Lipinski definition) is 5. The summed E-state index contributed by atoms with van der Waals surface area (Å²) in [5.74, 6) is -0.126. The van der Waals surface area contributed by atoms with Gasteiger partial charge in [0.15, 0.2) is 0 Å². The molecule has 5 nitrogen and oxygen atoms in total. The summed E-state index contributed by atoms with van der Waals surface area (Å²) in [6.07, 6.45) is 0.707. The van der Waals surface area contributed by atoms with Crippen LogP contribution in [0.2, 0.25) is 0 Å². The van der Waals surface area contributed by atoms with Gasteiger partial charge in [-0.1, -0.05) is 35.7 Å². The smallest absolute Gasteiger partial charge is 0.265 e. The molecule has 0 aliphatic carbocycles. The Balaban J connectivity index is 2.04. The van der Waals surface area contributed by atoms with Gasteiger partial charge in [0.1, 0.15) is 4.88 Å². The molecule has 19 heavy (non-hydrogen) atoms. The first-order valence-corrected chi connectivity index (χ1v) is 6.89. The summed E-state index contributed by atoms with van der Waals surface area (Å²) in [7, 11) is 0. The van der Waals surface area contributed by atoms with E-state index in [2.05, 4.69) is 14.9 Å². The highest BCUT2D eigenvalue weighted by Gasteiger charge is 2.14. The van der Waals surface area contributed by atoms with Crippen molar-refractivity contribution in [2.75, 3.05) is 0 Å². The molecule has 2 aromatic rings. The van der Waals surface area contributed by atoms with Gasteiger partial charge in [-0.3, -0.25) is 4.79 Å². The molecule has 0 radical (unpaired) electrons. The Hall–Kier alpha value is -1.79. The van der Waals surface area contributed by atoms with E-state index in [4.69, 9.17) is 5.73 Å². The van der Waals surface area contributed by atoms with E-state index in [1.165, 1.54) is 0 Å². The van der Waals surface area contributed by atoms with E-state index < -0.39 is 0 Å². The average molecular weight is 276 g/mol. The maximum atomic E-state index is 12.0. The van der Waals surface area contributed by atoms with Crippen LogP contribution in [0.3, 0.4) is 0 Å². The van der Waals surface area contributed by atoms with Gasteiger partial charge in [-0.25, -0.2) is 0 Å². The molecule has 1 amide bonds. The Kier molecular flexibility index (Phi) is 4.59. The molecule has 3 N–H and O–H groups in total. The number of aryl methyl sites for hydroxylation is 1. The lowest BCUT2D eigenvalue weighted by molar-refractivity contribution is 0.0954. The molecule has 0 aliphatic rings. The van der Waals surface area contributed by atoms with Gasteiger partial charge >= 0.3 is 0 Å². The summed E-state index contributed by atoms with van der Waals surface area (Å²) < 4.78 is 3.81. The van der Waals surface area contributed by atoms with Crippen molar-refractivity contribution >= 4 is 17.4 Å². The van der Waals surface area contributed by atoms with Crippen LogP contribution in [0.1, 0.15) is 33.4 Å². The van der Waals surface area contributed by atoms with Gasteiger partial charge in [-0.05, 0) is 29.1 Å². The number of benzene rings is 1. The fourth-order valence-electron chi connectivity index (χ4n) is 1.80. The topological polar surface area (TPSA) is 80.9 Å². The first-order valence-electron chi connectivity index (χ1n) is 6.12. The van der Waals surface area contributed by atoms with Gasteiger partial charge in [-0.15, -0.1) is 5.10 Å². The van der Waals surface area contributed by atoms with Gasteiger partial charge in [0, 0.05) is 13.1 Å². The molecule has 0 atom stereocenters. The predicted molar refractivity (Wildman–Crippen MR) is 74.8 cm³/mol. The zero-order chi connectivity index (χ0) is 13.7. The predicted octanol–water partition coefficient (Wildman–Crippen LogP) is 1.49. The Bertz CT molecular complexity index is 567. The second-order valence-corrected chi connectivity index (χ2v) is 4.81. The Labute approximate surface area is 116 Å². The number of carbonyl (C=O) groups is 1. The Morgan fingerprint density at radius 3 is 2.79 bits per heavy atom. The number of aromatic nitrogens is 2. The van der Waals surface area contributed by atoms with Crippen LogP contribution in [0.25, 0.3) is 0 Å². The number of rotatable bonds is 5. The zero-order valence-electron chi connectivity index (χ0n) is 10.7. The van der Waals surface area contributed by atoms with Crippen LogP contribution in [0.15, 0.2) is 24.3 Å². The first-order chi connectivity index (χ1) is 9.26. The van der Waals surface area contributed by atoms with Gasteiger partial charge in [0.05, 0.1) is 5.69 Å². The number of hydrogen-bond donors (Lipinski definition) is 2. The minimum atomic E-state index is -0.126. The van der Waals surface area contributed by atoms with E-state index in [0.717, 1.165) is 28.4 Å². The summed E-state index contributed by atoms with van der Waals surface area (Å²) in [5, 5.41) is 6.82. The number of nitrogens with zero attached hydrogens (tertiary/aromatic N) is 2. The van der Waals surface area contributed by atoms with Crippen LogP contribution in [0, 0.1) is 0 Å². The van der Waals surface area contributed by atoms with Crippen molar-refractivity contribution in [1.29, 1.82) is 0 Å². The first kappa shape index (κ1) is 13.6. The van der Waals surface area contributed by atoms with Crippen LogP contribution in [0.5, 0.6) is 0 Å². The molecule has 2 rings (SSSR count). The SMILES string of the molecule is CCc1nnsc1C(=O)NCc1ccccc1CN. The molecule has 1 heterocycles. The molecule has 0 fully saturated rings. The van der Waals surface area contributed by atoms with E-state index in [1.807, 2.05) is 31.2 Å². The van der Waals surface area contributed by atoms with E-state index in [9.17, 15) is 4.79 Å². The summed E-state index contributed by atoms with van der Waals surface area (Å²) in [6.45, 7) is 2.89. The average Bonchev–Trinajstić information content (AvgIpc) is 2.93. The number of carbonyl (C=O) groups excluding carboxylic acids is 1. The second kappa shape index (κ2) is 6.40. The molecule has 0 unspecified atom stereocenters. The van der Waals surface area contributed by atoms with E-state index in [1.54, 1.807) is 0 Å². The minimum absolute atomic E-state index is 0.126. The Morgan fingerprint density at radius 1 is 1.37 bits per heavy atom. The number of amides is 1. The van der Waals surface area contributed by atoms with E-state index >= 15 is 0 Å². The van der Waals surface area contributed by atoms with Crippen molar-refractivity contribution in [3.8, 4) is 0 Å². The van der Waals surface area contributed by atoms with Crippen molar-refractivity contribution in [3.63, 3.8) is 0 Å². The van der Waals surface area contributed by atoms with Crippen molar-refractivity contribution in [1.82, 2.24) is 14.9 Å². The van der Waals surface area contributed by atoms with E-state index in [0.29, 0.717) is 24.4 Å². The fourth-order valence-corrected chi connectivity index (χ4v) is 2.46. The lowest BCUT2D eigenvalue weighted by atomic mass is 10.1. The summed E-state index contributed by atoms with van der Waals surface area (Å²) in [4.78, 5) is 12.6.